The summed E-state index contributed by atoms with van der Waals surface area (Å²) in [5.74, 6) is 0.157. The average molecular weight is 458 g/mol. The first-order valence-electron chi connectivity index (χ1n) is 9.72. The lowest BCUT2D eigenvalue weighted by Gasteiger charge is -2.14. The highest BCUT2D eigenvalue weighted by Gasteiger charge is 2.20. The molecule has 2 N–H and O–H groups in total. The van der Waals surface area contributed by atoms with Crippen molar-refractivity contribution in [3.05, 3.63) is 58.6 Å². The average Bonchev–Trinajstić information content (AvgIpc) is 3.09. The third-order valence-electron chi connectivity index (χ3n) is 4.76. The van der Waals surface area contributed by atoms with Gasteiger partial charge in [0.15, 0.2) is 11.0 Å². The Hall–Kier alpha value is -2.84. The minimum atomic E-state index is -0.450. The number of aromatic nitrogens is 3. The monoisotopic (exact) mass is 457 g/mol. The summed E-state index contributed by atoms with van der Waals surface area (Å²) in [4.78, 5) is 24.8. The van der Waals surface area contributed by atoms with E-state index in [0.717, 1.165) is 22.4 Å². The topological polar surface area (TPSA) is 88.9 Å². The summed E-state index contributed by atoms with van der Waals surface area (Å²) in [5.41, 5.74) is 3.61. The Morgan fingerprint density at radius 3 is 2.39 bits per heavy atom. The first kappa shape index (κ1) is 22.8. The molecule has 3 aromatic rings. The van der Waals surface area contributed by atoms with Gasteiger partial charge in [-0.2, -0.15) is 0 Å². The molecule has 0 bridgehead atoms. The predicted molar refractivity (Wildman–Crippen MR) is 124 cm³/mol. The molecule has 0 saturated carbocycles. The molecule has 2 aromatic carbocycles. The van der Waals surface area contributed by atoms with E-state index in [1.165, 1.54) is 11.8 Å². The van der Waals surface area contributed by atoms with Crippen molar-refractivity contribution in [3.8, 4) is 11.4 Å². The quantitative estimate of drug-likeness (QED) is 0.524. The first-order valence-corrected chi connectivity index (χ1v) is 11.0. The lowest BCUT2D eigenvalue weighted by molar-refractivity contribution is -0.123. The van der Waals surface area contributed by atoms with Gasteiger partial charge in [-0.15, -0.1) is 10.2 Å². The van der Waals surface area contributed by atoms with Gasteiger partial charge < -0.3 is 15.2 Å². The van der Waals surface area contributed by atoms with Gasteiger partial charge in [-0.1, -0.05) is 41.6 Å². The van der Waals surface area contributed by atoms with Crippen molar-refractivity contribution in [2.45, 2.75) is 31.2 Å². The number of nitrogens with one attached hydrogen (secondary N) is 2. The van der Waals surface area contributed by atoms with Crippen LogP contribution in [0.2, 0.25) is 5.02 Å². The number of amides is 2. The van der Waals surface area contributed by atoms with Gasteiger partial charge in [0, 0.05) is 23.3 Å². The maximum absolute atomic E-state index is 12.5. The van der Waals surface area contributed by atoms with Gasteiger partial charge in [0.05, 0.1) is 11.8 Å². The lowest BCUT2D eigenvalue weighted by Crippen LogP contribution is -2.37. The normalized spacial score (nSPS) is 11.8. The number of nitrogens with zero attached hydrogens (tertiary/aromatic N) is 3. The Balaban J connectivity index is 1.56. The van der Waals surface area contributed by atoms with Crippen molar-refractivity contribution < 1.29 is 9.59 Å². The van der Waals surface area contributed by atoms with E-state index >= 15 is 0 Å². The van der Waals surface area contributed by atoms with E-state index in [4.69, 9.17) is 11.6 Å². The highest BCUT2D eigenvalue weighted by atomic mass is 35.5. The van der Waals surface area contributed by atoms with Crippen molar-refractivity contribution in [2.24, 2.45) is 7.05 Å². The summed E-state index contributed by atoms with van der Waals surface area (Å²) in [7, 11) is 1.84. The van der Waals surface area contributed by atoms with Crippen LogP contribution in [0.1, 0.15) is 18.1 Å². The summed E-state index contributed by atoms with van der Waals surface area (Å²) in [6.45, 7) is 5.52. The van der Waals surface area contributed by atoms with Crippen molar-refractivity contribution in [2.75, 3.05) is 11.9 Å². The van der Waals surface area contributed by atoms with Crippen LogP contribution in [0.3, 0.4) is 0 Å². The Kier molecular flexibility index (Phi) is 7.35. The van der Waals surface area contributed by atoms with Crippen LogP contribution >= 0.6 is 23.4 Å². The number of carbonyl (C=O) groups excluding carboxylic acids is 2. The molecule has 1 aromatic heterocycles. The van der Waals surface area contributed by atoms with E-state index in [1.54, 1.807) is 19.1 Å². The van der Waals surface area contributed by atoms with Crippen molar-refractivity contribution in [1.29, 1.82) is 0 Å². The van der Waals surface area contributed by atoms with Crippen LogP contribution in [0.5, 0.6) is 0 Å². The minimum absolute atomic E-state index is 0.105. The molecule has 0 radical (unpaired) electrons. The Morgan fingerprint density at radius 1 is 1.10 bits per heavy atom. The second-order valence-corrected chi connectivity index (χ2v) is 8.91. The maximum Gasteiger partial charge on any atom is 0.243 e. The number of anilines is 1. The van der Waals surface area contributed by atoms with Gasteiger partial charge in [-0.3, -0.25) is 9.59 Å². The summed E-state index contributed by atoms with van der Waals surface area (Å²) < 4.78 is 1.82. The van der Waals surface area contributed by atoms with Gasteiger partial charge in [0.1, 0.15) is 0 Å². The number of hydrogen-bond donors (Lipinski definition) is 2. The van der Waals surface area contributed by atoms with E-state index in [9.17, 15) is 9.59 Å². The molecule has 162 valence electrons. The Morgan fingerprint density at radius 2 is 1.74 bits per heavy atom. The van der Waals surface area contributed by atoms with Crippen LogP contribution in [0, 0.1) is 13.8 Å². The molecule has 0 aliphatic heterocycles. The summed E-state index contributed by atoms with van der Waals surface area (Å²) >= 11 is 7.22. The van der Waals surface area contributed by atoms with E-state index < -0.39 is 5.25 Å². The molecule has 1 heterocycles. The smallest absolute Gasteiger partial charge is 0.243 e. The molecule has 0 spiro atoms. The van der Waals surface area contributed by atoms with Gasteiger partial charge >= 0.3 is 0 Å². The zero-order valence-electron chi connectivity index (χ0n) is 17.8. The Bertz CT molecular complexity index is 1080. The van der Waals surface area contributed by atoms with Gasteiger partial charge in [0.25, 0.3) is 0 Å². The fourth-order valence-electron chi connectivity index (χ4n) is 2.99. The van der Waals surface area contributed by atoms with Crippen molar-refractivity contribution >= 4 is 40.9 Å². The molecule has 0 aliphatic rings. The SMILES string of the molecule is Cc1cccc(C)c1NC(=O)CNC(=O)C(C)Sc1nnc(-c2ccc(Cl)cc2)n1C. The predicted octanol–water partition coefficient (Wildman–Crippen LogP) is 3.99. The Labute approximate surface area is 190 Å². The molecule has 2 amide bonds. The zero-order chi connectivity index (χ0) is 22.5. The lowest BCUT2D eigenvalue weighted by atomic mass is 10.1. The van der Waals surface area contributed by atoms with Gasteiger partial charge in [-0.05, 0) is 56.2 Å². The molecule has 7 nitrogen and oxygen atoms in total. The number of benzene rings is 2. The fraction of sp³-hybridized carbons (Fsp3) is 0.273. The summed E-state index contributed by atoms with van der Waals surface area (Å²) in [6.07, 6.45) is 0. The van der Waals surface area contributed by atoms with Crippen LogP contribution in [0.25, 0.3) is 11.4 Å². The van der Waals surface area contributed by atoms with Crippen LogP contribution < -0.4 is 10.6 Å². The molecule has 9 heteroatoms. The third-order valence-corrected chi connectivity index (χ3v) is 6.14. The molecule has 0 aliphatic carbocycles. The molecule has 3 rings (SSSR count). The van der Waals surface area contributed by atoms with E-state index in [2.05, 4.69) is 20.8 Å². The standard InChI is InChI=1S/C22H24ClN5O2S/c1-13-6-5-7-14(2)19(13)25-18(29)12-24-21(30)15(3)31-22-27-26-20(28(22)4)16-8-10-17(23)11-9-16/h5-11,15H,12H2,1-4H3,(H,24,30)(H,25,29). The molecule has 0 saturated heterocycles. The number of hydrogen-bond acceptors (Lipinski definition) is 5. The second kappa shape index (κ2) is 9.98. The second-order valence-electron chi connectivity index (χ2n) is 7.16. The summed E-state index contributed by atoms with van der Waals surface area (Å²) in [5, 5.41) is 14.8. The third kappa shape index (κ3) is 5.65. The maximum atomic E-state index is 12.5. The molecule has 31 heavy (non-hydrogen) atoms. The number of carbonyl (C=O) groups is 2. The largest absolute Gasteiger partial charge is 0.346 e. The zero-order valence-corrected chi connectivity index (χ0v) is 19.3. The highest BCUT2D eigenvalue weighted by molar-refractivity contribution is 8.00. The van der Waals surface area contributed by atoms with E-state index in [-0.39, 0.29) is 18.4 Å². The number of thioether (sulfide) groups is 1. The van der Waals surface area contributed by atoms with Crippen molar-refractivity contribution in [3.63, 3.8) is 0 Å². The number of halogens is 1. The number of rotatable bonds is 7. The molecule has 0 fully saturated rings. The fourth-order valence-corrected chi connectivity index (χ4v) is 3.95. The van der Waals surface area contributed by atoms with Crippen LogP contribution in [-0.2, 0) is 16.6 Å². The van der Waals surface area contributed by atoms with E-state index in [0.29, 0.717) is 16.0 Å². The molecular formula is C22H24ClN5O2S. The molecular weight excluding hydrogens is 434 g/mol. The summed E-state index contributed by atoms with van der Waals surface area (Å²) in [6, 6.07) is 13.1. The van der Waals surface area contributed by atoms with Gasteiger partial charge in [0.2, 0.25) is 11.8 Å². The highest BCUT2D eigenvalue weighted by Crippen LogP contribution is 2.26. The van der Waals surface area contributed by atoms with Crippen LogP contribution in [0.4, 0.5) is 5.69 Å². The van der Waals surface area contributed by atoms with Crippen LogP contribution in [0.15, 0.2) is 47.6 Å². The van der Waals surface area contributed by atoms with E-state index in [1.807, 2.05) is 55.8 Å². The first-order chi connectivity index (χ1) is 14.8. The number of para-hydroxylation sites is 1. The minimum Gasteiger partial charge on any atom is -0.346 e. The molecule has 1 atom stereocenters. The molecule has 1 unspecified atom stereocenters. The van der Waals surface area contributed by atoms with Gasteiger partial charge in [-0.25, -0.2) is 0 Å². The van der Waals surface area contributed by atoms with Crippen LogP contribution in [-0.4, -0.2) is 38.4 Å². The van der Waals surface area contributed by atoms with Crippen molar-refractivity contribution in [1.82, 2.24) is 20.1 Å². The number of aryl methyl sites for hydroxylation is 2.